The third kappa shape index (κ3) is 9.42. The Labute approximate surface area is 282 Å². The first kappa shape index (κ1) is 37.0. The average Bonchev–Trinajstić information content (AvgIpc) is 3.55. The number of carbonyl (C=O) groups excluding carboxylic acids is 2. The number of alkyl carbamates (subject to hydrolysis) is 1. The predicted octanol–water partition coefficient (Wildman–Crippen LogP) is 4.02. The smallest absolute Gasteiger partial charge is 0.407 e. The molecule has 5 N–H and O–H groups in total. The lowest BCUT2D eigenvalue weighted by Gasteiger charge is -2.26. The lowest BCUT2D eigenvalue weighted by atomic mass is 9.96. The van der Waals surface area contributed by atoms with Crippen molar-refractivity contribution in [3.05, 3.63) is 48.5 Å². The molecule has 1 aliphatic heterocycles. The summed E-state index contributed by atoms with van der Waals surface area (Å²) in [5, 5.41) is 16.4. The number of rotatable bonds is 15. The standard InChI is InChI=1S/C29H41ClN7O8PS/c1-18(2)44-27(40)32-15-28(3,4)26(39)47-12-11-42-46(41,36-13-19-9-7-6-8-10-19)43-14-20-22(38)29(5,30)25(45-20)37-17-35-21-23(31)33-16-34-24(21)37/h6-10,16-18,20,22,25,38H,11-15H2,1-5H3,(H,32,40)(H,36,41)(H2,31,33,34)/t20-,22-,25-,29-,46-/m1/s1. The number of nitrogens with zero attached hydrogens (tertiary/aromatic N) is 4. The van der Waals surface area contributed by atoms with E-state index in [9.17, 15) is 19.3 Å². The van der Waals surface area contributed by atoms with E-state index >= 15 is 0 Å². The van der Waals surface area contributed by atoms with Crippen molar-refractivity contribution in [1.82, 2.24) is 29.9 Å². The summed E-state index contributed by atoms with van der Waals surface area (Å²) in [6.07, 6.45) is -1.36. The second-order valence-corrected chi connectivity index (χ2v) is 15.7. The molecule has 1 fully saturated rings. The number of ether oxygens (including phenoxy) is 2. The largest absolute Gasteiger partial charge is 0.447 e. The first-order valence-corrected chi connectivity index (χ1v) is 17.8. The molecular formula is C29H41ClN7O8PS. The van der Waals surface area contributed by atoms with Crippen LogP contribution < -0.4 is 16.1 Å². The number of hydrogen-bond donors (Lipinski definition) is 4. The van der Waals surface area contributed by atoms with E-state index in [1.165, 1.54) is 12.7 Å². The van der Waals surface area contributed by atoms with E-state index in [4.69, 9.17) is 35.9 Å². The van der Waals surface area contributed by atoms with Gasteiger partial charge in [0.05, 0.1) is 31.1 Å². The molecule has 0 unspecified atom stereocenters. The van der Waals surface area contributed by atoms with E-state index in [2.05, 4.69) is 25.4 Å². The van der Waals surface area contributed by atoms with Gasteiger partial charge in [-0.15, -0.1) is 11.6 Å². The van der Waals surface area contributed by atoms with Gasteiger partial charge in [-0.1, -0.05) is 55.9 Å². The minimum absolute atomic E-state index is 0.0743. The molecule has 0 bridgehead atoms. The van der Waals surface area contributed by atoms with Gasteiger partial charge in [-0.3, -0.25) is 18.4 Å². The summed E-state index contributed by atoms with van der Waals surface area (Å²) in [6.45, 7) is 8.23. The van der Waals surface area contributed by atoms with Gasteiger partial charge < -0.3 is 25.6 Å². The van der Waals surface area contributed by atoms with Crippen LogP contribution in [0.2, 0.25) is 0 Å². The minimum atomic E-state index is -4.01. The summed E-state index contributed by atoms with van der Waals surface area (Å²) in [5.41, 5.74) is 6.57. The van der Waals surface area contributed by atoms with Crippen LogP contribution in [0, 0.1) is 5.41 Å². The van der Waals surface area contributed by atoms with Crippen molar-refractivity contribution < 1.29 is 37.8 Å². The molecule has 1 saturated heterocycles. The first-order chi connectivity index (χ1) is 22.1. The number of thioether (sulfide) groups is 1. The summed E-state index contributed by atoms with van der Waals surface area (Å²) in [7, 11) is -4.01. The lowest BCUT2D eigenvalue weighted by molar-refractivity contribution is -0.117. The number of fused-ring (bicyclic) bond motifs is 1. The molecule has 5 atom stereocenters. The van der Waals surface area contributed by atoms with Gasteiger partial charge >= 0.3 is 13.8 Å². The number of nitrogens with two attached hydrogens (primary N) is 1. The van der Waals surface area contributed by atoms with E-state index in [1.54, 1.807) is 39.2 Å². The van der Waals surface area contributed by atoms with Gasteiger partial charge in [-0.2, -0.15) is 0 Å². The number of alkyl halides is 1. The van der Waals surface area contributed by atoms with E-state index in [1.807, 2.05) is 30.3 Å². The Bertz CT molecular complexity index is 1580. The Balaban J connectivity index is 1.38. The van der Waals surface area contributed by atoms with Crippen LogP contribution in [-0.4, -0.2) is 84.5 Å². The van der Waals surface area contributed by atoms with Gasteiger partial charge in [0.2, 0.25) is 0 Å². The number of imidazole rings is 1. The molecular weight excluding hydrogens is 673 g/mol. The fourth-order valence-corrected chi connectivity index (χ4v) is 7.13. The number of nitrogen functional groups attached to an aromatic ring is 1. The Hall–Kier alpha value is -2.82. The number of anilines is 1. The number of hydrogen-bond acceptors (Lipinski definition) is 13. The molecule has 0 spiro atoms. The fraction of sp³-hybridized carbons (Fsp3) is 0.552. The molecule has 4 rings (SSSR count). The number of nitrogens with one attached hydrogen (secondary N) is 2. The summed E-state index contributed by atoms with van der Waals surface area (Å²) in [4.78, 5) is 35.8. The number of aliphatic hydroxyl groups is 1. The summed E-state index contributed by atoms with van der Waals surface area (Å²) < 4.78 is 38.1. The maximum atomic E-state index is 13.9. The SMILES string of the molecule is CC(C)OC(=O)NCC(C)(C)C(=O)SCCO[P@](=O)(NCc1ccccc1)OC[C@H]1O[C@@H](n2cnc3c(N)ncnc32)[C@](C)(Cl)[C@@H]1O. The zero-order chi connectivity index (χ0) is 34.4. The number of halogens is 1. The Morgan fingerprint density at radius 2 is 1.96 bits per heavy atom. The Morgan fingerprint density at radius 3 is 2.66 bits per heavy atom. The molecule has 47 heavy (non-hydrogen) atoms. The monoisotopic (exact) mass is 713 g/mol. The van der Waals surface area contributed by atoms with E-state index in [0.717, 1.165) is 17.3 Å². The molecule has 1 aromatic carbocycles. The molecule has 1 aliphatic rings. The minimum Gasteiger partial charge on any atom is -0.447 e. The van der Waals surface area contributed by atoms with Gasteiger partial charge in [-0.05, 0) is 26.3 Å². The van der Waals surface area contributed by atoms with Gasteiger partial charge in [0.25, 0.3) is 0 Å². The Morgan fingerprint density at radius 1 is 1.23 bits per heavy atom. The van der Waals surface area contributed by atoms with E-state index in [-0.39, 0.29) is 49.1 Å². The maximum absolute atomic E-state index is 13.9. The zero-order valence-electron chi connectivity index (χ0n) is 26.8. The number of carbonyl (C=O) groups is 2. The lowest BCUT2D eigenvalue weighted by Crippen LogP contribution is -2.40. The third-order valence-electron chi connectivity index (χ3n) is 7.23. The summed E-state index contributed by atoms with van der Waals surface area (Å²) >= 11 is 7.78. The topological polar surface area (TPSA) is 202 Å². The van der Waals surface area contributed by atoms with Crippen molar-refractivity contribution in [2.45, 2.75) is 70.6 Å². The molecule has 0 saturated carbocycles. The molecule has 258 valence electrons. The predicted molar refractivity (Wildman–Crippen MR) is 178 cm³/mol. The number of benzene rings is 1. The molecule has 3 heterocycles. The molecule has 0 aliphatic carbocycles. The highest BCUT2D eigenvalue weighted by Gasteiger charge is 2.54. The summed E-state index contributed by atoms with van der Waals surface area (Å²) in [5.74, 6) is 0.333. The maximum Gasteiger partial charge on any atom is 0.407 e. The van der Waals surface area contributed by atoms with Gasteiger partial charge in [0.1, 0.15) is 28.9 Å². The molecule has 3 aromatic rings. The molecule has 18 heteroatoms. The average molecular weight is 714 g/mol. The van der Waals surface area contributed by atoms with Crippen molar-refractivity contribution in [3.8, 4) is 0 Å². The normalized spacial score (nSPS) is 22.8. The first-order valence-electron chi connectivity index (χ1n) is 14.9. The molecule has 0 radical (unpaired) electrons. The van der Waals surface area contributed by atoms with E-state index < -0.39 is 42.6 Å². The van der Waals surface area contributed by atoms with Crippen LogP contribution in [0.4, 0.5) is 10.6 Å². The van der Waals surface area contributed by atoms with Crippen molar-refractivity contribution in [2.75, 3.05) is 31.2 Å². The van der Waals surface area contributed by atoms with Crippen LogP contribution in [0.15, 0.2) is 43.0 Å². The van der Waals surface area contributed by atoms with Crippen LogP contribution in [0.1, 0.15) is 46.4 Å². The highest BCUT2D eigenvalue weighted by atomic mass is 35.5. The highest BCUT2D eigenvalue weighted by molar-refractivity contribution is 8.13. The zero-order valence-corrected chi connectivity index (χ0v) is 29.3. The molecule has 15 nitrogen and oxygen atoms in total. The van der Waals surface area contributed by atoms with Gasteiger partial charge in [0, 0.05) is 18.8 Å². The van der Waals surface area contributed by atoms with Crippen molar-refractivity contribution in [3.63, 3.8) is 0 Å². The fourth-order valence-electron chi connectivity index (χ4n) is 4.58. The number of aliphatic hydroxyl groups excluding tert-OH is 1. The van der Waals surface area contributed by atoms with Crippen molar-refractivity contribution in [2.24, 2.45) is 5.41 Å². The quantitative estimate of drug-likeness (QED) is 0.0999. The second kappa shape index (κ2) is 15.6. The second-order valence-electron chi connectivity index (χ2n) is 12.0. The Kier molecular flexibility index (Phi) is 12.3. The summed E-state index contributed by atoms with van der Waals surface area (Å²) in [6, 6.07) is 9.23. The van der Waals surface area contributed by atoms with Crippen LogP contribution in [0.5, 0.6) is 0 Å². The highest BCUT2D eigenvalue weighted by Crippen LogP contribution is 2.48. The number of aromatic nitrogens is 4. The van der Waals surface area contributed by atoms with Crippen LogP contribution in [-0.2, 0) is 34.4 Å². The van der Waals surface area contributed by atoms with Gasteiger partial charge in [-0.25, -0.2) is 29.4 Å². The van der Waals surface area contributed by atoms with Crippen molar-refractivity contribution >= 4 is 59.3 Å². The third-order valence-corrected chi connectivity index (χ3v) is 10.4. The van der Waals surface area contributed by atoms with Crippen LogP contribution in [0.3, 0.4) is 0 Å². The van der Waals surface area contributed by atoms with Crippen LogP contribution >= 0.6 is 31.1 Å². The van der Waals surface area contributed by atoms with Gasteiger partial charge in [0.15, 0.2) is 22.8 Å². The van der Waals surface area contributed by atoms with Crippen molar-refractivity contribution in [1.29, 1.82) is 0 Å². The van der Waals surface area contributed by atoms with Crippen LogP contribution in [0.25, 0.3) is 11.2 Å². The van der Waals surface area contributed by atoms with E-state index in [0.29, 0.717) is 11.2 Å². The molecule has 1 amide bonds. The number of amides is 1. The molecule has 2 aromatic heterocycles.